The summed E-state index contributed by atoms with van der Waals surface area (Å²) in [5.74, 6) is 1.47. The molecule has 0 bridgehead atoms. The Balaban J connectivity index is 1.99. The van der Waals surface area contributed by atoms with E-state index in [1.807, 2.05) is 25.1 Å². The van der Waals surface area contributed by atoms with Gasteiger partial charge in [-0.3, -0.25) is 4.79 Å². The molecule has 1 heterocycles. The van der Waals surface area contributed by atoms with Gasteiger partial charge in [-0.2, -0.15) is 17.0 Å². The zero-order chi connectivity index (χ0) is 14.6. The Morgan fingerprint density at radius 2 is 2.35 bits per heavy atom. The van der Waals surface area contributed by atoms with E-state index in [9.17, 15) is 10.1 Å². The minimum absolute atomic E-state index is 0.112. The van der Waals surface area contributed by atoms with Crippen LogP contribution in [0.15, 0.2) is 29.2 Å². The van der Waals surface area contributed by atoms with Gasteiger partial charge in [0.15, 0.2) is 0 Å². The van der Waals surface area contributed by atoms with Crippen molar-refractivity contribution in [3.63, 3.8) is 0 Å². The summed E-state index contributed by atoms with van der Waals surface area (Å²) in [6, 6.07) is 9.70. The first kappa shape index (κ1) is 15.6. The second-order valence-corrected chi connectivity index (χ2v) is 7.57. The van der Waals surface area contributed by atoms with Gasteiger partial charge in [-0.15, -0.1) is 11.8 Å². The number of rotatable bonds is 4. The molecule has 1 aromatic carbocycles. The molecule has 1 aromatic rings. The van der Waals surface area contributed by atoms with Gasteiger partial charge in [0.05, 0.1) is 16.3 Å². The van der Waals surface area contributed by atoms with Crippen molar-refractivity contribution in [1.29, 1.82) is 5.26 Å². The van der Waals surface area contributed by atoms with Crippen LogP contribution in [0.5, 0.6) is 0 Å². The molecule has 1 aliphatic rings. The Labute approximate surface area is 132 Å². The van der Waals surface area contributed by atoms with Crippen molar-refractivity contribution in [2.75, 3.05) is 11.5 Å². The maximum absolute atomic E-state index is 12.2. The van der Waals surface area contributed by atoms with Crippen LogP contribution in [0.4, 0.5) is 0 Å². The topological polar surface area (TPSA) is 52.9 Å². The number of benzene rings is 1. The zero-order valence-electron chi connectivity index (χ0n) is 11.1. The lowest BCUT2D eigenvalue weighted by atomic mass is 10.0. The van der Waals surface area contributed by atoms with E-state index in [-0.39, 0.29) is 11.2 Å². The van der Waals surface area contributed by atoms with Gasteiger partial charge in [0.2, 0.25) is 5.91 Å². The van der Waals surface area contributed by atoms with Crippen molar-refractivity contribution < 1.29 is 4.79 Å². The maximum atomic E-state index is 12.2. The Hall–Kier alpha value is -0.830. The van der Waals surface area contributed by atoms with Crippen LogP contribution >= 0.6 is 35.1 Å². The smallest absolute Gasteiger partial charge is 0.234 e. The van der Waals surface area contributed by atoms with E-state index in [2.05, 4.69) is 11.4 Å². The van der Waals surface area contributed by atoms with Crippen LogP contribution in [0.25, 0.3) is 0 Å². The lowest BCUT2D eigenvalue weighted by Gasteiger charge is -2.23. The molecule has 0 radical (unpaired) electrons. The highest BCUT2D eigenvalue weighted by Gasteiger charge is 2.37. The summed E-state index contributed by atoms with van der Waals surface area (Å²) in [6.07, 6.45) is 0.712. The molecule has 1 amide bonds. The fourth-order valence-electron chi connectivity index (χ4n) is 1.90. The van der Waals surface area contributed by atoms with Gasteiger partial charge in [-0.1, -0.05) is 23.7 Å². The van der Waals surface area contributed by atoms with Gasteiger partial charge in [0.25, 0.3) is 0 Å². The van der Waals surface area contributed by atoms with Crippen molar-refractivity contribution in [3.05, 3.63) is 29.3 Å². The number of nitriles is 1. The highest BCUT2D eigenvalue weighted by molar-refractivity contribution is 8.00. The average Bonchev–Trinajstić information content (AvgIpc) is 2.90. The number of amides is 1. The number of carbonyl (C=O) groups excluding carboxylic acids is 1. The molecule has 106 valence electrons. The first-order valence-corrected chi connectivity index (χ1v) is 8.70. The monoisotopic (exact) mass is 326 g/mol. The van der Waals surface area contributed by atoms with Gasteiger partial charge >= 0.3 is 0 Å². The number of hydrogen-bond donors (Lipinski definition) is 1. The molecule has 1 aliphatic heterocycles. The Morgan fingerprint density at radius 3 is 2.95 bits per heavy atom. The van der Waals surface area contributed by atoms with E-state index in [4.69, 9.17) is 11.6 Å². The van der Waals surface area contributed by atoms with Crippen molar-refractivity contribution in [1.82, 2.24) is 5.32 Å². The molecule has 1 saturated heterocycles. The molecule has 6 heteroatoms. The Bertz CT molecular complexity index is 538. The summed E-state index contributed by atoms with van der Waals surface area (Å²) in [5.41, 5.74) is -0.697. The number of thioether (sulfide) groups is 2. The number of carbonyl (C=O) groups is 1. The fraction of sp³-hybridized carbons (Fsp3) is 0.429. The molecule has 2 atom stereocenters. The first-order chi connectivity index (χ1) is 9.56. The number of nitrogens with zero attached hydrogens (tertiary/aromatic N) is 1. The van der Waals surface area contributed by atoms with Gasteiger partial charge in [-0.25, -0.2) is 0 Å². The largest absolute Gasteiger partial charge is 0.336 e. The standard InChI is InChI=1S/C14H15ClN2OS2/c1-10(20-12-5-3-2-4-11(12)15)13(18)17-14(8-16)6-7-19-9-14/h2-5,10H,6-7,9H2,1H3,(H,17,18)/t10-,14-/m1/s1. The average molecular weight is 327 g/mol. The van der Waals surface area contributed by atoms with Crippen LogP contribution in [-0.2, 0) is 4.79 Å². The molecule has 1 fully saturated rings. The minimum Gasteiger partial charge on any atom is -0.336 e. The molecule has 0 aliphatic carbocycles. The predicted octanol–water partition coefficient (Wildman–Crippen LogP) is 3.34. The van der Waals surface area contributed by atoms with Crippen molar-refractivity contribution in [2.24, 2.45) is 0 Å². The minimum atomic E-state index is -0.697. The summed E-state index contributed by atoms with van der Waals surface area (Å²) in [7, 11) is 0. The van der Waals surface area contributed by atoms with Gasteiger partial charge in [0, 0.05) is 10.6 Å². The quantitative estimate of drug-likeness (QED) is 0.862. The molecule has 0 spiro atoms. The van der Waals surface area contributed by atoms with Gasteiger partial charge in [-0.05, 0) is 31.2 Å². The van der Waals surface area contributed by atoms with Crippen molar-refractivity contribution >= 4 is 41.0 Å². The van der Waals surface area contributed by atoms with E-state index in [1.54, 1.807) is 17.8 Å². The molecule has 3 nitrogen and oxygen atoms in total. The van der Waals surface area contributed by atoms with Crippen LogP contribution < -0.4 is 5.32 Å². The Kier molecular flexibility index (Phi) is 5.25. The second-order valence-electron chi connectivity index (χ2n) is 4.68. The van der Waals surface area contributed by atoms with E-state index in [0.717, 1.165) is 10.6 Å². The van der Waals surface area contributed by atoms with E-state index < -0.39 is 5.54 Å². The maximum Gasteiger partial charge on any atom is 0.234 e. The molecule has 2 rings (SSSR count). The first-order valence-electron chi connectivity index (χ1n) is 6.28. The summed E-state index contributed by atoms with van der Waals surface area (Å²) in [5, 5.41) is 12.5. The van der Waals surface area contributed by atoms with E-state index in [0.29, 0.717) is 17.2 Å². The molecule has 0 saturated carbocycles. The van der Waals surface area contributed by atoms with Crippen LogP contribution in [0, 0.1) is 11.3 Å². The van der Waals surface area contributed by atoms with Crippen molar-refractivity contribution in [3.8, 4) is 6.07 Å². The number of hydrogen-bond acceptors (Lipinski definition) is 4. The predicted molar refractivity (Wildman–Crippen MR) is 85.2 cm³/mol. The van der Waals surface area contributed by atoms with E-state index in [1.165, 1.54) is 11.8 Å². The lowest BCUT2D eigenvalue weighted by Crippen LogP contribution is -2.50. The lowest BCUT2D eigenvalue weighted by molar-refractivity contribution is -0.121. The highest BCUT2D eigenvalue weighted by Crippen LogP contribution is 2.31. The Morgan fingerprint density at radius 1 is 1.60 bits per heavy atom. The number of halogens is 1. The van der Waals surface area contributed by atoms with Crippen molar-refractivity contribution in [2.45, 2.75) is 29.0 Å². The van der Waals surface area contributed by atoms with Gasteiger partial charge < -0.3 is 5.32 Å². The summed E-state index contributed by atoms with van der Waals surface area (Å²) >= 11 is 9.20. The fourth-order valence-corrected chi connectivity index (χ4v) is 4.32. The number of nitrogens with one attached hydrogen (secondary N) is 1. The molecule has 0 aromatic heterocycles. The van der Waals surface area contributed by atoms with Crippen LogP contribution in [0.2, 0.25) is 5.02 Å². The third-order valence-electron chi connectivity index (χ3n) is 3.11. The summed E-state index contributed by atoms with van der Waals surface area (Å²) < 4.78 is 0. The molecular weight excluding hydrogens is 312 g/mol. The molecule has 1 N–H and O–H groups in total. The second kappa shape index (κ2) is 6.75. The molecular formula is C14H15ClN2OS2. The van der Waals surface area contributed by atoms with Crippen LogP contribution in [0.1, 0.15) is 13.3 Å². The normalized spacial score (nSPS) is 23.1. The third-order valence-corrected chi connectivity index (χ3v) is 5.92. The molecule has 20 heavy (non-hydrogen) atoms. The SMILES string of the molecule is C[C@@H](Sc1ccccc1Cl)C(=O)N[C@@]1(C#N)CCSC1. The van der Waals surface area contributed by atoms with Crippen LogP contribution in [-0.4, -0.2) is 28.2 Å². The zero-order valence-corrected chi connectivity index (χ0v) is 13.4. The van der Waals surface area contributed by atoms with Gasteiger partial charge in [0.1, 0.15) is 5.54 Å². The highest BCUT2D eigenvalue weighted by atomic mass is 35.5. The van der Waals surface area contributed by atoms with Crippen LogP contribution in [0.3, 0.4) is 0 Å². The molecule has 0 unspecified atom stereocenters. The summed E-state index contributed by atoms with van der Waals surface area (Å²) in [4.78, 5) is 13.1. The summed E-state index contributed by atoms with van der Waals surface area (Å²) in [6.45, 7) is 1.83. The van der Waals surface area contributed by atoms with E-state index >= 15 is 0 Å². The third kappa shape index (κ3) is 3.63.